The van der Waals surface area contributed by atoms with Gasteiger partial charge in [-0.15, -0.1) is 0 Å². The highest BCUT2D eigenvalue weighted by molar-refractivity contribution is 5.94. The highest BCUT2D eigenvalue weighted by Gasteiger charge is 2.32. The first kappa shape index (κ1) is 21.9. The van der Waals surface area contributed by atoms with Crippen LogP contribution in [0.4, 0.5) is 4.39 Å². The lowest BCUT2D eigenvalue weighted by molar-refractivity contribution is 0.0527. The molecule has 0 saturated carbocycles. The van der Waals surface area contributed by atoms with Gasteiger partial charge in [-0.2, -0.15) is 5.26 Å². The SMILES string of the molecule is Cc1c(C(O)CN2CCC(NC(=O)c3ccc(C#N)nc3)C(F)C2)ccc2c1COC2=O. The summed E-state index contributed by atoms with van der Waals surface area (Å²) >= 11 is 0. The van der Waals surface area contributed by atoms with Crippen LogP contribution in [0.15, 0.2) is 30.5 Å². The zero-order valence-corrected chi connectivity index (χ0v) is 17.5. The van der Waals surface area contributed by atoms with E-state index >= 15 is 0 Å². The van der Waals surface area contributed by atoms with E-state index in [0.717, 1.165) is 11.1 Å². The van der Waals surface area contributed by atoms with Gasteiger partial charge in [0, 0.05) is 31.4 Å². The monoisotopic (exact) mass is 438 g/mol. The summed E-state index contributed by atoms with van der Waals surface area (Å²) in [5.41, 5.74) is 3.29. The summed E-state index contributed by atoms with van der Waals surface area (Å²) in [7, 11) is 0. The van der Waals surface area contributed by atoms with Crippen molar-refractivity contribution >= 4 is 11.9 Å². The van der Waals surface area contributed by atoms with Crippen molar-refractivity contribution in [3.8, 4) is 6.07 Å². The molecule has 3 atom stereocenters. The molecular weight excluding hydrogens is 415 g/mol. The van der Waals surface area contributed by atoms with E-state index in [2.05, 4.69) is 10.3 Å². The molecule has 2 aliphatic rings. The van der Waals surface area contributed by atoms with Gasteiger partial charge >= 0.3 is 5.97 Å². The minimum Gasteiger partial charge on any atom is -0.457 e. The maximum absolute atomic E-state index is 14.8. The number of aromatic nitrogens is 1. The van der Waals surface area contributed by atoms with E-state index in [9.17, 15) is 19.1 Å². The van der Waals surface area contributed by atoms with Crippen LogP contribution in [0.3, 0.4) is 0 Å². The van der Waals surface area contributed by atoms with Crippen LogP contribution < -0.4 is 5.32 Å². The van der Waals surface area contributed by atoms with E-state index in [-0.39, 0.29) is 36.9 Å². The number of aliphatic hydroxyl groups excluding tert-OH is 1. The van der Waals surface area contributed by atoms with Gasteiger partial charge < -0.3 is 15.2 Å². The summed E-state index contributed by atoms with van der Waals surface area (Å²) in [5.74, 6) is -0.793. The number of nitrogens with zero attached hydrogens (tertiary/aromatic N) is 3. The van der Waals surface area contributed by atoms with Gasteiger partial charge in [-0.1, -0.05) is 6.07 Å². The average molecular weight is 438 g/mol. The number of aliphatic hydroxyl groups is 1. The number of benzene rings is 1. The molecule has 3 unspecified atom stereocenters. The lowest BCUT2D eigenvalue weighted by Gasteiger charge is -2.36. The van der Waals surface area contributed by atoms with Gasteiger partial charge in [0.15, 0.2) is 0 Å². The maximum Gasteiger partial charge on any atom is 0.338 e. The molecule has 1 amide bonds. The Kier molecular flexibility index (Phi) is 6.17. The smallest absolute Gasteiger partial charge is 0.338 e. The van der Waals surface area contributed by atoms with Crippen molar-refractivity contribution in [1.82, 2.24) is 15.2 Å². The second-order valence-corrected chi connectivity index (χ2v) is 8.09. The lowest BCUT2D eigenvalue weighted by Crippen LogP contribution is -2.53. The molecular formula is C23H23FN4O4. The summed E-state index contributed by atoms with van der Waals surface area (Å²) in [6, 6.07) is 7.54. The molecule has 1 fully saturated rings. The van der Waals surface area contributed by atoms with Crippen LogP contribution in [-0.4, -0.2) is 58.7 Å². The molecule has 4 rings (SSSR count). The van der Waals surface area contributed by atoms with Crippen molar-refractivity contribution < 1.29 is 23.8 Å². The van der Waals surface area contributed by atoms with Crippen molar-refractivity contribution in [2.75, 3.05) is 19.6 Å². The number of amides is 1. The van der Waals surface area contributed by atoms with Crippen LogP contribution in [0.5, 0.6) is 0 Å². The van der Waals surface area contributed by atoms with Crippen LogP contribution >= 0.6 is 0 Å². The predicted octanol–water partition coefficient (Wildman–Crippen LogP) is 1.81. The van der Waals surface area contributed by atoms with E-state index in [1.54, 1.807) is 12.1 Å². The summed E-state index contributed by atoms with van der Waals surface area (Å²) in [4.78, 5) is 29.8. The number of esters is 1. The number of alkyl halides is 1. The van der Waals surface area contributed by atoms with Crippen molar-refractivity contribution in [3.05, 3.63) is 64.0 Å². The molecule has 3 heterocycles. The Labute approximate surface area is 184 Å². The first-order valence-corrected chi connectivity index (χ1v) is 10.4. The molecule has 0 bridgehead atoms. The fourth-order valence-electron chi connectivity index (χ4n) is 4.21. The van der Waals surface area contributed by atoms with Crippen molar-refractivity contribution in [3.63, 3.8) is 0 Å². The standard InChI is InChI=1S/C23H23FN4O4/c1-13-16(4-5-17-18(13)12-32-23(17)31)21(29)11-28-7-6-20(19(24)10-28)27-22(30)14-2-3-15(8-25)26-9-14/h2-5,9,19-21,29H,6-7,10-12H2,1H3,(H,27,30). The fourth-order valence-corrected chi connectivity index (χ4v) is 4.21. The third kappa shape index (κ3) is 4.33. The quantitative estimate of drug-likeness (QED) is 0.684. The number of pyridine rings is 1. The van der Waals surface area contributed by atoms with Gasteiger partial charge in [0.1, 0.15) is 24.5 Å². The molecule has 1 aromatic heterocycles. The molecule has 9 heteroatoms. The van der Waals surface area contributed by atoms with E-state index in [1.807, 2.05) is 17.9 Å². The average Bonchev–Trinajstić information content (AvgIpc) is 3.17. The second-order valence-electron chi connectivity index (χ2n) is 8.09. The number of likely N-dealkylation sites (tertiary alicyclic amines) is 1. The molecule has 1 saturated heterocycles. The minimum atomic E-state index is -1.29. The number of nitrogens with one attached hydrogen (secondary N) is 1. The molecule has 0 spiro atoms. The summed E-state index contributed by atoms with van der Waals surface area (Å²) in [6.07, 6.45) is -0.434. The molecule has 1 aromatic carbocycles. The van der Waals surface area contributed by atoms with Gasteiger partial charge in [-0.05, 0) is 42.7 Å². The number of carbonyl (C=O) groups is 2. The maximum atomic E-state index is 14.8. The number of nitriles is 1. The summed E-state index contributed by atoms with van der Waals surface area (Å²) < 4.78 is 19.9. The third-order valence-electron chi connectivity index (χ3n) is 6.08. The largest absolute Gasteiger partial charge is 0.457 e. The van der Waals surface area contributed by atoms with Crippen molar-refractivity contribution in [2.24, 2.45) is 0 Å². The van der Waals surface area contributed by atoms with Gasteiger partial charge in [0.05, 0.1) is 23.3 Å². The van der Waals surface area contributed by atoms with E-state index in [1.165, 1.54) is 18.3 Å². The Morgan fingerprint density at radius 1 is 1.44 bits per heavy atom. The molecule has 8 nitrogen and oxygen atoms in total. The molecule has 0 radical (unpaired) electrons. The Hall–Kier alpha value is -3.35. The molecule has 2 aliphatic heterocycles. The Bertz CT molecular complexity index is 1080. The van der Waals surface area contributed by atoms with Crippen LogP contribution in [-0.2, 0) is 11.3 Å². The van der Waals surface area contributed by atoms with Crippen molar-refractivity contribution in [1.29, 1.82) is 5.26 Å². The number of hydrogen-bond donors (Lipinski definition) is 2. The molecule has 166 valence electrons. The normalized spacial score (nSPS) is 21.4. The van der Waals surface area contributed by atoms with Crippen molar-refractivity contribution in [2.45, 2.75) is 38.3 Å². The van der Waals surface area contributed by atoms with E-state index < -0.39 is 24.2 Å². The third-order valence-corrected chi connectivity index (χ3v) is 6.08. The first-order chi connectivity index (χ1) is 15.4. The summed E-state index contributed by atoms with van der Waals surface area (Å²) in [6.45, 7) is 2.89. The Morgan fingerprint density at radius 2 is 2.25 bits per heavy atom. The number of piperidine rings is 1. The van der Waals surface area contributed by atoms with E-state index in [0.29, 0.717) is 24.1 Å². The van der Waals surface area contributed by atoms with Crippen LogP contribution in [0.25, 0.3) is 0 Å². The number of β-amino-alcohol motifs (C(OH)–C–C–N with tert-alkyl or cyclic N) is 1. The zero-order valence-electron chi connectivity index (χ0n) is 17.5. The van der Waals surface area contributed by atoms with E-state index in [4.69, 9.17) is 10.00 Å². The Morgan fingerprint density at radius 3 is 2.94 bits per heavy atom. The van der Waals surface area contributed by atoms with Crippen LogP contribution in [0.2, 0.25) is 0 Å². The first-order valence-electron chi connectivity index (χ1n) is 10.4. The number of fused-ring (bicyclic) bond motifs is 1. The number of cyclic esters (lactones) is 1. The number of hydrogen-bond acceptors (Lipinski definition) is 7. The lowest BCUT2D eigenvalue weighted by atomic mass is 9.94. The molecule has 0 aliphatic carbocycles. The van der Waals surface area contributed by atoms with Gasteiger partial charge in [0.25, 0.3) is 5.91 Å². The predicted molar refractivity (Wildman–Crippen MR) is 111 cm³/mol. The highest BCUT2D eigenvalue weighted by atomic mass is 19.1. The highest BCUT2D eigenvalue weighted by Crippen LogP contribution is 2.30. The molecule has 32 heavy (non-hydrogen) atoms. The van der Waals surface area contributed by atoms with Gasteiger partial charge in [0.2, 0.25) is 0 Å². The molecule has 2 aromatic rings. The Balaban J connectivity index is 1.34. The fraction of sp³-hybridized carbons (Fsp3) is 0.391. The number of rotatable bonds is 5. The minimum absolute atomic E-state index is 0.0826. The number of carbonyl (C=O) groups excluding carboxylic acids is 2. The number of halogens is 1. The van der Waals surface area contributed by atoms with Gasteiger partial charge in [-0.3, -0.25) is 9.69 Å². The number of ether oxygens (including phenoxy) is 1. The topological polar surface area (TPSA) is 116 Å². The second kappa shape index (κ2) is 9.02. The summed E-state index contributed by atoms with van der Waals surface area (Å²) in [5, 5.41) is 22.2. The van der Waals surface area contributed by atoms with Crippen LogP contribution in [0, 0.1) is 18.3 Å². The zero-order chi connectivity index (χ0) is 22.8. The molecule has 2 N–H and O–H groups in total. The van der Waals surface area contributed by atoms with Crippen LogP contribution in [0.1, 0.15) is 55.6 Å². The van der Waals surface area contributed by atoms with Gasteiger partial charge in [-0.25, -0.2) is 14.2 Å².